The maximum atomic E-state index is 12.4. The topological polar surface area (TPSA) is 236 Å². The average Bonchev–Trinajstić information content (AvgIpc) is 3.32. The standard InChI is InChI=1S/C15H20N2O5S.C14H18N2O3.C11H20N2O3.C7H14N2O3S.2CH4.ClH.W.Y/c1-23(19,20)16-7-13-10-21-11-14(8-16)17(13)15(18)22-9-12-5-3-2-4-6-12;17-14(19-8-11-4-2-1-3-5-11)16-12-6-15-7-13(16)10-18-9-12;1-11(2,3)16-10(14)13-4-8-6-15-7-9(5-13)12-8;1-13(10,11)9-2-6-4-12-5-7(3-9)8-6;;;;;/h2-6,13-14H,7-11H2,1H3;1-5,12-13,15H,6-10H2;8-9,12H,4-7H2,1-3H3;6-8H,2-5H2,1H3;2*1H4;1H;;. The molecule has 10 rings (SSSR count). The summed E-state index contributed by atoms with van der Waals surface area (Å²) in [4.78, 5) is 41.8. The number of sulfonamides is 2. The normalized spacial score (nSPS) is 26.6. The molecule has 3 amide bonds. The summed E-state index contributed by atoms with van der Waals surface area (Å²) in [6.07, 6.45) is 1.58. The number of morpholine rings is 4. The van der Waals surface area contributed by atoms with E-state index in [1.165, 1.54) is 21.1 Å². The van der Waals surface area contributed by atoms with Crippen molar-refractivity contribution in [1.29, 1.82) is 0 Å². The molecule has 8 aliphatic heterocycles. The van der Waals surface area contributed by atoms with Gasteiger partial charge in [0.1, 0.15) is 18.8 Å². The van der Waals surface area contributed by atoms with E-state index in [0.717, 1.165) is 24.2 Å². The van der Waals surface area contributed by atoms with Gasteiger partial charge >= 0.3 is 18.3 Å². The first-order valence-corrected chi connectivity index (χ1v) is 27.9. The molecule has 0 aromatic heterocycles. The molecule has 0 spiro atoms. The van der Waals surface area contributed by atoms with Crippen LogP contribution in [0.3, 0.4) is 0 Å². The van der Waals surface area contributed by atoms with E-state index >= 15 is 0 Å². The van der Waals surface area contributed by atoms with Crippen molar-refractivity contribution in [3.8, 4) is 0 Å². The van der Waals surface area contributed by atoms with Crippen molar-refractivity contribution in [3.63, 3.8) is 0 Å². The molecule has 0 saturated carbocycles. The monoisotopic (exact) mass is 1380 g/mol. The number of hydrogen-bond donors (Lipinski definition) is 3. The number of benzene rings is 2. The summed E-state index contributed by atoms with van der Waals surface area (Å²) in [6, 6.07) is 19.6. The minimum absolute atomic E-state index is 0. The van der Waals surface area contributed by atoms with Crippen LogP contribution in [0.2, 0.25) is 0 Å². The van der Waals surface area contributed by atoms with Gasteiger partial charge in [0, 0.05) is 130 Å². The second kappa shape index (κ2) is 32.3. The number of ether oxygens (including phenoxy) is 7. The van der Waals surface area contributed by atoms with Gasteiger partial charge in [-0.15, -0.1) is 12.4 Å². The number of carbonyl (C=O) groups excluding carboxylic acids is 3. The third-order valence-corrected chi connectivity index (χ3v) is 15.2. The van der Waals surface area contributed by atoms with Crippen molar-refractivity contribution in [2.24, 2.45) is 0 Å². The Morgan fingerprint density at radius 1 is 0.553 bits per heavy atom. The van der Waals surface area contributed by atoms with Gasteiger partial charge in [0.2, 0.25) is 20.0 Å². The predicted molar refractivity (Wildman–Crippen MR) is 281 cm³/mol. The van der Waals surface area contributed by atoms with Crippen LogP contribution in [0.5, 0.6) is 0 Å². The maximum Gasteiger partial charge on any atom is 0.410 e. The van der Waals surface area contributed by atoms with Gasteiger partial charge in [-0.1, -0.05) is 75.5 Å². The smallest absolute Gasteiger partial charge is 0.410 e. The molecule has 1 radical (unpaired) electrons. The van der Waals surface area contributed by atoms with E-state index in [1.54, 1.807) is 9.80 Å². The number of carbonyl (C=O) groups is 3. The Bertz CT molecular complexity index is 2250. The Balaban J connectivity index is 0.000000345. The van der Waals surface area contributed by atoms with Crippen LogP contribution in [-0.2, 0) is 120 Å². The first kappa shape index (κ1) is 70.0. The van der Waals surface area contributed by atoms with E-state index in [1.807, 2.05) is 86.3 Å². The largest absolute Gasteiger partial charge is 0.445 e. The van der Waals surface area contributed by atoms with Crippen molar-refractivity contribution in [2.45, 2.75) is 103 Å². The minimum atomic E-state index is -3.27. The summed E-state index contributed by atoms with van der Waals surface area (Å²) in [7, 11) is -6.30. The molecule has 8 aliphatic rings. The van der Waals surface area contributed by atoms with Crippen LogP contribution in [0.15, 0.2) is 60.7 Å². The zero-order chi connectivity index (χ0) is 50.8. The number of nitrogens with one attached hydrogen (secondary N) is 3. The molecule has 27 heteroatoms. The van der Waals surface area contributed by atoms with E-state index < -0.39 is 31.7 Å². The molecule has 2 aromatic carbocycles. The second-order valence-corrected chi connectivity index (χ2v) is 23.9. The Morgan fingerprint density at radius 2 is 0.895 bits per heavy atom. The fourth-order valence-corrected chi connectivity index (χ4v) is 11.3. The third-order valence-electron chi connectivity index (χ3n) is 12.8. The van der Waals surface area contributed by atoms with E-state index in [0.29, 0.717) is 85.6 Å². The molecule has 2 aromatic rings. The van der Waals surface area contributed by atoms with Crippen LogP contribution >= 0.6 is 12.4 Å². The molecule has 8 fully saturated rings. The summed E-state index contributed by atoms with van der Waals surface area (Å²) in [6.45, 7) is 15.0. The molecule has 8 heterocycles. The first-order chi connectivity index (χ1) is 33.8. The minimum Gasteiger partial charge on any atom is -0.445 e. The molecule has 8 saturated heterocycles. The molecule has 22 nitrogen and oxygen atoms in total. The van der Waals surface area contributed by atoms with E-state index in [9.17, 15) is 31.2 Å². The van der Waals surface area contributed by atoms with Crippen LogP contribution in [0.1, 0.15) is 46.8 Å². The maximum absolute atomic E-state index is 12.4. The van der Waals surface area contributed by atoms with Crippen LogP contribution in [0, 0.1) is 0 Å². The van der Waals surface area contributed by atoms with Crippen LogP contribution in [-0.4, -0.2) is 230 Å². The Kier molecular flexibility index (Phi) is 29.8. The zero-order valence-corrected chi connectivity index (χ0v) is 51.0. The van der Waals surface area contributed by atoms with Gasteiger partial charge in [-0.25, -0.2) is 31.2 Å². The van der Waals surface area contributed by atoms with E-state index in [-0.39, 0.29) is 161 Å². The SMILES string of the molecule is C.C.CC(C)(C)OC(=O)N1CC2COCC(C1)N2.CS(=O)(=O)N1CC2COCC(C1)N2.CS(=O)(=O)N1CC2COCC(C1)N2C(=O)OCc1ccccc1.Cl.O=C(OCc1ccccc1)N1C2CNCC1COC2.[W].[Y]. The van der Waals surface area contributed by atoms with Crippen LogP contribution in [0.4, 0.5) is 14.4 Å². The van der Waals surface area contributed by atoms with Crippen LogP contribution < -0.4 is 16.0 Å². The summed E-state index contributed by atoms with van der Waals surface area (Å²) < 4.78 is 86.9. The Morgan fingerprint density at radius 3 is 1.28 bits per heavy atom. The van der Waals surface area contributed by atoms with Gasteiger partial charge in [0.15, 0.2) is 0 Å². The fraction of sp³-hybridized carbons (Fsp3) is 0.694. The summed E-state index contributed by atoms with van der Waals surface area (Å²) in [5, 5.41) is 10.1. The van der Waals surface area contributed by atoms with E-state index in [2.05, 4.69) is 16.0 Å². The molecule has 8 unspecified atom stereocenters. The van der Waals surface area contributed by atoms with Gasteiger partial charge in [-0.05, 0) is 31.9 Å². The van der Waals surface area contributed by atoms with E-state index in [4.69, 9.17) is 33.2 Å². The number of rotatable bonds is 6. The zero-order valence-electron chi connectivity index (χ0n) is 42.8. The van der Waals surface area contributed by atoms with Gasteiger partial charge in [0.05, 0.1) is 89.5 Å². The molecule has 8 atom stereocenters. The van der Waals surface area contributed by atoms with Crippen molar-refractivity contribution in [3.05, 3.63) is 71.8 Å². The first-order valence-electron chi connectivity index (χ1n) is 24.2. The molecule has 0 aliphatic carbocycles. The fourth-order valence-electron chi connectivity index (χ4n) is 9.51. The van der Waals surface area contributed by atoms with Crippen molar-refractivity contribution in [1.82, 2.24) is 39.3 Å². The van der Waals surface area contributed by atoms with Crippen molar-refractivity contribution >= 4 is 50.7 Å². The van der Waals surface area contributed by atoms with Gasteiger partial charge in [0.25, 0.3) is 0 Å². The number of amides is 3. The van der Waals surface area contributed by atoms with Gasteiger partial charge < -0.3 is 54.0 Å². The molecule has 76 heavy (non-hydrogen) atoms. The molecule has 8 bridgehead atoms. The van der Waals surface area contributed by atoms with Gasteiger partial charge in [-0.2, -0.15) is 8.61 Å². The van der Waals surface area contributed by atoms with Crippen molar-refractivity contribution in [2.75, 3.05) is 118 Å². The quantitative estimate of drug-likeness (QED) is 0.353. The Hall–Kier alpha value is -2.13. The number of halogens is 1. The molecule has 429 valence electrons. The summed E-state index contributed by atoms with van der Waals surface area (Å²) in [5.41, 5.74) is 1.50. The summed E-state index contributed by atoms with van der Waals surface area (Å²) in [5.74, 6) is 0. The summed E-state index contributed by atoms with van der Waals surface area (Å²) >= 11 is 0. The number of fused-ring (bicyclic) bond motifs is 8. The predicted octanol–water partition coefficient (Wildman–Crippen LogP) is 2.57. The molecule has 3 N–H and O–H groups in total. The third kappa shape index (κ3) is 21.1. The molecular formula is C49H81ClN8O14S2WY. The average molecular weight is 1380 g/mol. The van der Waals surface area contributed by atoms with Crippen molar-refractivity contribution < 1.29 is 118 Å². The molecular weight excluding hydrogens is 1300 g/mol. The number of piperazine rings is 4. The van der Waals surface area contributed by atoms with Crippen LogP contribution in [0.25, 0.3) is 0 Å². The van der Waals surface area contributed by atoms with Gasteiger partial charge in [-0.3, -0.25) is 9.80 Å². The Labute approximate surface area is 496 Å². The second-order valence-electron chi connectivity index (χ2n) is 20.0. The number of hydrogen-bond acceptors (Lipinski definition) is 17. The number of nitrogens with zero attached hydrogens (tertiary/aromatic N) is 5.